The highest BCUT2D eigenvalue weighted by molar-refractivity contribution is 9.11. The van der Waals surface area contributed by atoms with Crippen molar-refractivity contribution in [3.8, 4) is 16.9 Å². The summed E-state index contributed by atoms with van der Waals surface area (Å²) in [7, 11) is -1.80. The number of hydrogen-bond donors (Lipinski definition) is 2. The molecule has 4 aromatic carbocycles. The minimum Gasteiger partial charge on any atom is -0.397 e. The lowest BCUT2D eigenvalue weighted by atomic mass is 10.1. The second-order valence-corrected chi connectivity index (χ2v) is 11.3. The number of rotatable bonds is 4. The van der Waals surface area contributed by atoms with Gasteiger partial charge in [-0.1, -0.05) is 36.4 Å². The van der Waals surface area contributed by atoms with Gasteiger partial charge in [-0.2, -0.15) is 0 Å². The molecule has 4 nitrogen and oxygen atoms in total. The number of anilines is 2. The van der Waals surface area contributed by atoms with E-state index in [1.165, 1.54) is 0 Å². The van der Waals surface area contributed by atoms with Crippen LogP contribution in [0.15, 0.2) is 103 Å². The van der Waals surface area contributed by atoms with E-state index in [0.29, 0.717) is 22.4 Å². The maximum absolute atomic E-state index is 11.7. The average Bonchev–Trinajstić information content (AvgIpc) is 2.82. The van der Waals surface area contributed by atoms with Crippen molar-refractivity contribution in [1.82, 2.24) is 0 Å². The molecule has 0 saturated heterocycles. The third-order valence-corrected chi connectivity index (χ3v) is 8.11. The SMILES string of the molecule is Nc1c(Br)cc(-c2cc(Br)c(N)c(Br)c2)cc1Br.O=[P+](Oc1ccccc1)c1ccccc1. The molecule has 0 aliphatic heterocycles. The summed E-state index contributed by atoms with van der Waals surface area (Å²) in [4.78, 5) is 0. The summed E-state index contributed by atoms with van der Waals surface area (Å²) in [5, 5.41) is 0.705. The van der Waals surface area contributed by atoms with Gasteiger partial charge in [0.15, 0.2) is 5.75 Å². The Morgan fingerprint density at radius 3 is 1.36 bits per heavy atom. The van der Waals surface area contributed by atoms with Crippen molar-refractivity contribution in [3.05, 3.63) is 103 Å². The first-order chi connectivity index (χ1) is 15.8. The molecule has 0 heterocycles. The lowest BCUT2D eigenvalue weighted by Gasteiger charge is -2.10. The van der Waals surface area contributed by atoms with E-state index in [1.807, 2.05) is 60.7 Å². The highest BCUT2D eigenvalue weighted by Crippen LogP contribution is 2.38. The lowest BCUT2D eigenvalue weighted by Crippen LogP contribution is -1.98. The van der Waals surface area contributed by atoms with Crippen molar-refractivity contribution < 1.29 is 9.09 Å². The number of nitrogens with two attached hydrogens (primary N) is 2. The summed E-state index contributed by atoms with van der Waals surface area (Å²) < 4.78 is 20.5. The van der Waals surface area contributed by atoms with Gasteiger partial charge in [0, 0.05) is 17.9 Å². The van der Waals surface area contributed by atoms with Gasteiger partial charge in [0.25, 0.3) is 0 Å². The minimum absolute atomic E-state index is 0.627. The molecular formula is C24H18Br4N2O2P+. The fourth-order valence-electron chi connectivity index (χ4n) is 2.68. The molecule has 1 atom stereocenters. The predicted octanol–water partition coefficient (Wildman–Crippen LogP) is 8.70. The second-order valence-electron chi connectivity index (χ2n) is 6.70. The Bertz CT molecular complexity index is 1170. The number of halogens is 4. The zero-order chi connectivity index (χ0) is 24.0. The summed E-state index contributed by atoms with van der Waals surface area (Å²) >= 11 is 13.8. The van der Waals surface area contributed by atoms with Crippen LogP contribution >= 0.6 is 71.7 Å². The molecular weight excluding hydrogens is 699 g/mol. The Kier molecular flexibility index (Phi) is 9.53. The van der Waals surface area contributed by atoms with Gasteiger partial charge < -0.3 is 11.5 Å². The first kappa shape index (κ1) is 25.9. The summed E-state index contributed by atoms with van der Waals surface area (Å²) in [6.07, 6.45) is 0. The van der Waals surface area contributed by atoms with Crippen LogP contribution in [0.2, 0.25) is 0 Å². The van der Waals surface area contributed by atoms with Crippen LogP contribution in [0.4, 0.5) is 11.4 Å². The largest absolute Gasteiger partial charge is 0.597 e. The van der Waals surface area contributed by atoms with Crippen molar-refractivity contribution in [2.45, 2.75) is 0 Å². The quantitative estimate of drug-likeness (QED) is 0.164. The van der Waals surface area contributed by atoms with Gasteiger partial charge in [-0.15, -0.1) is 0 Å². The average molecular weight is 717 g/mol. The van der Waals surface area contributed by atoms with Gasteiger partial charge in [-0.3, -0.25) is 4.52 Å². The normalized spacial score (nSPS) is 10.7. The highest BCUT2D eigenvalue weighted by Gasteiger charge is 2.22. The Morgan fingerprint density at radius 2 is 0.970 bits per heavy atom. The maximum Gasteiger partial charge on any atom is 0.597 e. The zero-order valence-corrected chi connectivity index (χ0v) is 24.3. The molecule has 0 radical (unpaired) electrons. The van der Waals surface area contributed by atoms with Gasteiger partial charge in [0.05, 0.1) is 11.4 Å². The van der Waals surface area contributed by atoms with Crippen molar-refractivity contribution in [2.75, 3.05) is 11.5 Å². The molecule has 9 heteroatoms. The van der Waals surface area contributed by atoms with Gasteiger partial charge in [0.2, 0.25) is 5.30 Å². The Labute approximate surface area is 227 Å². The second kappa shape index (κ2) is 12.1. The standard InChI is InChI=1S/C12H8Br4N2.C12H10O2P/c13-7-1-5(2-8(14)11(7)17)6-3-9(15)12(18)10(16)4-6;13-15(12-9-5-2-6-10-12)14-11-7-3-1-4-8-11/h1-4H,17-18H2;1-10H/q;+1. The molecule has 0 aromatic heterocycles. The van der Waals surface area contributed by atoms with Crippen LogP contribution in [0.25, 0.3) is 11.1 Å². The molecule has 0 saturated carbocycles. The van der Waals surface area contributed by atoms with Crippen LogP contribution < -0.4 is 21.3 Å². The van der Waals surface area contributed by atoms with Crippen molar-refractivity contribution in [1.29, 1.82) is 0 Å². The molecule has 0 amide bonds. The lowest BCUT2D eigenvalue weighted by molar-refractivity contribution is 0.514. The molecule has 0 aliphatic rings. The monoisotopic (exact) mass is 713 g/mol. The third kappa shape index (κ3) is 7.14. The fraction of sp³-hybridized carbons (Fsp3) is 0. The topological polar surface area (TPSA) is 78.3 Å². The summed E-state index contributed by atoms with van der Waals surface area (Å²) in [5.74, 6) is 0.627. The minimum atomic E-state index is -1.80. The van der Waals surface area contributed by atoms with Gasteiger partial charge in [-0.05, 0) is 128 Å². The zero-order valence-electron chi connectivity index (χ0n) is 17.0. The molecule has 168 valence electrons. The number of para-hydroxylation sites is 1. The van der Waals surface area contributed by atoms with Crippen LogP contribution in [0.5, 0.6) is 5.75 Å². The van der Waals surface area contributed by atoms with Crippen LogP contribution in [-0.2, 0) is 4.57 Å². The Hall–Kier alpha value is -1.70. The van der Waals surface area contributed by atoms with Crippen LogP contribution in [0.1, 0.15) is 0 Å². The summed E-state index contributed by atoms with van der Waals surface area (Å²) in [5.41, 5.74) is 15.2. The van der Waals surface area contributed by atoms with Gasteiger partial charge >= 0.3 is 8.03 Å². The van der Waals surface area contributed by atoms with E-state index in [0.717, 1.165) is 29.0 Å². The van der Waals surface area contributed by atoms with Crippen molar-refractivity contribution in [2.24, 2.45) is 0 Å². The molecule has 0 aliphatic carbocycles. The third-order valence-electron chi connectivity index (χ3n) is 4.39. The van der Waals surface area contributed by atoms with Gasteiger partial charge in [-0.25, -0.2) is 0 Å². The molecule has 0 spiro atoms. The molecule has 4 rings (SSSR count). The highest BCUT2D eigenvalue weighted by atomic mass is 79.9. The number of nitrogen functional groups attached to an aromatic ring is 2. The van der Waals surface area contributed by atoms with E-state index < -0.39 is 8.03 Å². The van der Waals surface area contributed by atoms with Crippen LogP contribution in [0.3, 0.4) is 0 Å². The first-order valence-electron chi connectivity index (χ1n) is 9.51. The molecule has 4 aromatic rings. The predicted molar refractivity (Wildman–Crippen MR) is 152 cm³/mol. The molecule has 4 N–H and O–H groups in total. The number of hydrogen-bond acceptors (Lipinski definition) is 4. The fourth-order valence-corrected chi connectivity index (χ4v) is 5.89. The van der Waals surface area contributed by atoms with Gasteiger partial charge in [0.1, 0.15) is 0 Å². The van der Waals surface area contributed by atoms with Crippen LogP contribution in [-0.4, -0.2) is 0 Å². The smallest absolute Gasteiger partial charge is 0.397 e. The van der Waals surface area contributed by atoms with E-state index in [1.54, 1.807) is 24.3 Å². The molecule has 0 bridgehead atoms. The maximum atomic E-state index is 11.7. The number of benzene rings is 4. The van der Waals surface area contributed by atoms with Crippen molar-refractivity contribution >= 4 is 88.4 Å². The van der Waals surface area contributed by atoms with E-state index in [9.17, 15) is 4.57 Å². The first-order valence-corrected chi connectivity index (χ1v) is 13.9. The summed E-state index contributed by atoms with van der Waals surface area (Å²) in [6.45, 7) is 0. The Morgan fingerprint density at radius 1 is 0.606 bits per heavy atom. The van der Waals surface area contributed by atoms with E-state index in [-0.39, 0.29) is 0 Å². The van der Waals surface area contributed by atoms with E-state index in [2.05, 4.69) is 63.7 Å². The van der Waals surface area contributed by atoms with Crippen molar-refractivity contribution in [3.63, 3.8) is 0 Å². The Balaban J connectivity index is 0.000000189. The molecule has 1 unspecified atom stereocenters. The summed E-state index contributed by atoms with van der Waals surface area (Å²) in [6, 6.07) is 26.2. The van der Waals surface area contributed by atoms with E-state index in [4.69, 9.17) is 16.0 Å². The van der Waals surface area contributed by atoms with Crippen LogP contribution in [0, 0.1) is 0 Å². The molecule has 0 fully saturated rings. The molecule has 33 heavy (non-hydrogen) atoms. The van der Waals surface area contributed by atoms with E-state index >= 15 is 0 Å².